The smallest absolute Gasteiger partial charge is 0.490 e. The van der Waals surface area contributed by atoms with Crippen molar-refractivity contribution in [2.24, 2.45) is 0 Å². The normalized spacial score (nSPS) is 14.7. The Hall–Kier alpha value is -3.28. The van der Waals surface area contributed by atoms with Crippen molar-refractivity contribution in [3.63, 3.8) is 0 Å². The Kier molecular flexibility index (Phi) is 8.77. The van der Waals surface area contributed by atoms with Crippen LogP contribution in [0.2, 0.25) is 0 Å². The number of hydrogen-bond acceptors (Lipinski definition) is 7. The van der Waals surface area contributed by atoms with Crippen molar-refractivity contribution in [2.45, 2.75) is 31.6 Å². The summed E-state index contributed by atoms with van der Waals surface area (Å²) in [6.45, 7) is 1.14. The molecule has 2 N–H and O–H groups in total. The zero-order valence-corrected chi connectivity index (χ0v) is 18.3. The largest absolute Gasteiger partial charge is 0.573 e. The highest BCUT2D eigenvalue weighted by molar-refractivity contribution is 6.61. The minimum absolute atomic E-state index is 0.0910. The van der Waals surface area contributed by atoms with Gasteiger partial charge in [0.15, 0.2) is 0 Å². The summed E-state index contributed by atoms with van der Waals surface area (Å²) < 4.78 is 88.0. The minimum atomic E-state index is -4.69. The monoisotopic (exact) mass is 504 g/mol. The number of rotatable bonds is 6. The number of likely N-dealkylation sites (N-methyl/N-ethyl adjacent to an activating group) is 1. The average molecular weight is 504 g/mol. The Labute approximate surface area is 196 Å². The molecule has 0 bridgehead atoms. The van der Waals surface area contributed by atoms with E-state index in [1.807, 2.05) is 6.07 Å². The summed E-state index contributed by atoms with van der Waals surface area (Å²) in [5, 5.41) is 21.3. The number of alkyl halides is 6. The van der Waals surface area contributed by atoms with Crippen LogP contribution in [0, 0.1) is 11.3 Å². The third-order valence-corrected chi connectivity index (χ3v) is 4.77. The van der Waals surface area contributed by atoms with Crippen molar-refractivity contribution in [3.05, 3.63) is 53.1 Å². The number of aldehydes is 1. The SMILES string of the molecule is CNC(C)(C#N)COc1cc2c(cc1C(F)(F)F)COB2O.O=Cc1ccc(OC(F)(F)F)cc1. The molecule has 1 unspecified atom stereocenters. The first-order valence-electron chi connectivity index (χ1n) is 9.79. The molecule has 2 aromatic rings. The van der Waals surface area contributed by atoms with Gasteiger partial charge >= 0.3 is 19.7 Å². The summed E-state index contributed by atoms with van der Waals surface area (Å²) in [6.07, 6.45) is -8.76. The van der Waals surface area contributed by atoms with E-state index in [1.54, 1.807) is 0 Å². The van der Waals surface area contributed by atoms with Gasteiger partial charge in [0.05, 0.1) is 18.2 Å². The second-order valence-electron chi connectivity index (χ2n) is 7.43. The van der Waals surface area contributed by atoms with Gasteiger partial charge in [0.2, 0.25) is 0 Å². The molecule has 0 amide bonds. The highest BCUT2D eigenvalue weighted by Crippen LogP contribution is 2.37. The Bertz CT molecular complexity index is 1070. The fraction of sp³-hybridized carbons (Fsp3) is 0.333. The van der Waals surface area contributed by atoms with E-state index in [0.717, 1.165) is 24.3 Å². The van der Waals surface area contributed by atoms with Crippen LogP contribution < -0.4 is 20.3 Å². The number of fused-ring (bicyclic) bond motifs is 1. The van der Waals surface area contributed by atoms with Gasteiger partial charge in [-0.2, -0.15) is 18.4 Å². The zero-order valence-electron chi connectivity index (χ0n) is 18.3. The summed E-state index contributed by atoms with van der Waals surface area (Å²) in [5.41, 5.74) is -1.28. The third-order valence-electron chi connectivity index (χ3n) is 4.77. The van der Waals surface area contributed by atoms with E-state index in [2.05, 4.69) is 10.1 Å². The summed E-state index contributed by atoms with van der Waals surface area (Å²) in [6, 6.07) is 8.60. The van der Waals surface area contributed by atoms with E-state index < -0.39 is 36.5 Å². The first-order chi connectivity index (χ1) is 16.2. The lowest BCUT2D eigenvalue weighted by molar-refractivity contribution is -0.274. The summed E-state index contributed by atoms with van der Waals surface area (Å²) in [4.78, 5) is 10.1. The van der Waals surface area contributed by atoms with Crippen LogP contribution in [0.5, 0.6) is 11.5 Å². The first-order valence-corrected chi connectivity index (χ1v) is 9.79. The number of benzene rings is 2. The minimum Gasteiger partial charge on any atom is -0.490 e. The topological polar surface area (TPSA) is 101 Å². The second-order valence-corrected chi connectivity index (χ2v) is 7.43. The summed E-state index contributed by atoms with van der Waals surface area (Å²) in [5.74, 6) is -0.773. The summed E-state index contributed by atoms with van der Waals surface area (Å²) in [7, 11) is 0.239. The molecule has 1 aliphatic rings. The maximum atomic E-state index is 13.1. The molecule has 1 heterocycles. The van der Waals surface area contributed by atoms with Gasteiger partial charge in [-0.1, -0.05) is 0 Å². The number of carbonyl (C=O) groups is 1. The van der Waals surface area contributed by atoms with Crippen molar-refractivity contribution in [1.29, 1.82) is 5.26 Å². The van der Waals surface area contributed by atoms with Gasteiger partial charge in [-0.05, 0) is 61.4 Å². The van der Waals surface area contributed by atoms with Crippen LogP contribution in [0.15, 0.2) is 36.4 Å². The zero-order chi connectivity index (χ0) is 26.4. The maximum absolute atomic E-state index is 13.1. The van der Waals surface area contributed by atoms with Gasteiger partial charge < -0.3 is 19.2 Å². The van der Waals surface area contributed by atoms with Crippen LogP contribution in [0.1, 0.15) is 28.4 Å². The molecular formula is C21H19BF6N2O5. The molecule has 1 atom stereocenters. The van der Waals surface area contributed by atoms with E-state index in [-0.39, 0.29) is 30.0 Å². The van der Waals surface area contributed by atoms with Gasteiger partial charge in [0.25, 0.3) is 0 Å². The van der Waals surface area contributed by atoms with Crippen LogP contribution in [-0.2, 0) is 17.4 Å². The molecule has 0 spiro atoms. The van der Waals surface area contributed by atoms with Gasteiger partial charge in [-0.25, -0.2) is 0 Å². The predicted octanol–water partition coefficient (Wildman–Crippen LogP) is 3.20. The number of nitrogens with one attached hydrogen (secondary N) is 1. The predicted molar refractivity (Wildman–Crippen MR) is 111 cm³/mol. The van der Waals surface area contributed by atoms with E-state index in [4.69, 9.17) is 14.7 Å². The van der Waals surface area contributed by atoms with Crippen molar-refractivity contribution in [1.82, 2.24) is 5.32 Å². The summed E-state index contributed by atoms with van der Waals surface area (Å²) >= 11 is 0. The number of nitriles is 1. The fourth-order valence-corrected chi connectivity index (χ4v) is 2.73. The maximum Gasteiger partial charge on any atom is 0.573 e. The highest BCUT2D eigenvalue weighted by atomic mass is 19.4. The molecule has 0 aliphatic carbocycles. The van der Waals surface area contributed by atoms with E-state index >= 15 is 0 Å². The Morgan fingerprint density at radius 3 is 2.31 bits per heavy atom. The lowest BCUT2D eigenvalue weighted by atomic mass is 9.79. The average Bonchev–Trinajstić information content (AvgIpc) is 3.16. The standard InChI is InChI=1S/C13H14BF3N2O3.C8H5F3O2/c1-12(6-18,19-2)7-21-11-4-10-8(5-22-14(10)20)3-9(11)13(15,16)17;9-8(10,11)13-7-3-1-6(5-12)2-4-7/h3-4,19-20H,5,7H2,1-2H3;1-5H. The van der Waals surface area contributed by atoms with E-state index in [1.165, 1.54) is 26.1 Å². The van der Waals surface area contributed by atoms with Gasteiger partial charge in [0.1, 0.15) is 29.9 Å². The lowest BCUT2D eigenvalue weighted by Gasteiger charge is -2.23. The lowest BCUT2D eigenvalue weighted by Crippen LogP contribution is -2.44. The number of hydrogen-bond donors (Lipinski definition) is 2. The molecule has 2 aromatic carbocycles. The van der Waals surface area contributed by atoms with Gasteiger partial charge in [-0.15, -0.1) is 13.2 Å². The van der Waals surface area contributed by atoms with Crippen molar-refractivity contribution < 1.29 is 50.3 Å². The van der Waals surface area contributed by atoms with Gasteiger partial charge in [0, 0.05) is 5.56 Å². The first kappa shape index (κ1) is 28.0. The Morgan fingerprint density at radius 1 is 1.20 bits per heavy atom. The van der Waals surface area contributed by atoms with Crippen LogP contribution in [0.4, 0.5) is 26.3 Å². The number of halogens is 6. The fourth-order valence-electron chi connectivity index (χ4n) is 2.73. The quantitative estimate of drug-likeness (QED) is 0.354. The van der Waals surface area contributed by atoms with Crippen molar-refractivity contribution in [3.8, 4) is 17.6 Å². The highest BCUT2D eigenvalue weighted by Gasteiger charge is 2.39. The molecule has 0 fully saturated rings. The molecule has 14 heteroatoms. The van der Waals surface area contributed by atoms with Crippen LogP contribution in [-0.4, -0.2) is 44.0 Å². The molecule has 1 aliphatic heterocycles. The Morgan fingerprint density at radius 2 is 1.83 bits per heavy atom. The molecule has 0 radical (unpaired) electrons. The van der Waals surface area contributed by atoms with Crippen LogP contribution in [0.3, 0.4) is 0 Å². The molecule has 0 saturated carbocycles. The van der Waals surface area contributed by atoms with Crippen LogP contribution in [0.25, 0.3) is 0 Å². The van der Waals surface area contributed by atoms with Crippen molar-refractivity contribution in [2.75, 3.05) is 13.7 Å². The third kappa shape index (κ3) is 7.88. The molecular weight excluding hydrogens is 485 g/mol. The molecule has 188 valence electrons. The molecule has 35 heavy (non-hydrogen) atoms. The van der Waals surface area contributed by atoms with Crippen molar-refractivity contribution >= 4 is 18.9 Å². The molecule has 7 nitrogen and oxygen atoms in total. The van der Waals surface area contributed by atoms with E-state index in [9.17, 15) is 36.2 Å². The van der Waals surface area contributed by atoms with Crippen LogP contribution >= 0.6 is 0 Å². The van der Waals surface area contributed by atoms with E-state index in [0.29, 0.717) is 11.8 Å². The second kappa shape index (κ2) is 11.0. The number of ether oxygens (including phenoxy) is 2. The Balaban J connectivity index is 0.000000283. The number of nitrogens with zero attached hydrogens (tertiary/aromatic N) is 1. The molecule has 0 saturated heterocycles. The van der Waals surface area contributed by atoms with Gasteiger partial charge in [-0.3, -0.25) is 10.1 Å². The molecule has 3 rings (SSSR count). The number of carbonyl (C=O) groups excluding carboxylic acids is 1. The molecule has 0 aromatic heterocycles.